The maximum Gasteiger partial charge on any atom is 0.227 e. The van der Waals surface area contributed by atoms with E-state index < -0.39 is 0 Å². The zero-order valence-corrected chi connectivity index (χ0v) is 19.0. The first-order chi connectivity index (χ1) is 14.6. The van der Waals surface area contributed by atoms with Crippen LogP contribution in [0.5, 0.6) is 0 Å². The Hall–Kier alpha value is -1.76. The Morgan fingerprint density at radius 1 is 1.17 bits per heavy atom. The number of nitrogens with one attached hydrogen (secondary N) is 1. The minimum atomic E-state index is 0.0377. The lowest BCUT2D eigenvalue weighted by Gasteiger charge is -2.32. The van der Waals surface area contributed by atoms with E-state index >= 15 is 0 Å². The second-order valence-electron chi connectivity index (χ2n) is 8.06. The quantitative estimate of drug-likeness (QED) is 0.738. The van der Waals surface area contributed by atoms with Crippen molar-refractivity contribution in [1.29, 1.82) is 0 Å². The van der Waals surface area contributed by atoms with Gasteiger partial charge in [0.25, 0.3) is 0 Å². The Bertz CT molecular complexity index is 862. The zero-order valence-electron chi connectivity index (χ0n) is 17.4. The molecular formula is C23H29ClN4OS. The van der Waals surface area contributed by atoms with Gasteiger partial charge in [-0.15, -0.1) is 0 Å². The average molecular weight is 445 g/mol. The molecule has 1 aromatic heterocycles. The molecule has 0 atom stereocenters. The van der Waals surface area contributed by atoms with E-state index in [1.807, 2.05) is 30.0 Å². The maximum atomic E-state index is 12.9. The smallest absolute Gasteiger partial charge is 0.227 e. The third kappa shape index (κ3) is 5.29. The molecule has 2 aliphatic rings. The first kappa shape index (κ1) is 21.5. The zero-order chi connectivity index (χ0) is 20.9. The third-order valence-corrected chi connectivity index (χ3v) is 7.27. The fourth-order valence-electron chi connectivity index (χ4n) is 4.15. The Kier molecular flexibility index (Phi) is 7.18. The largest absolute Gasteiger partial charge is 0.357 e. The van der Waals surface area contributed by atoms with Crippen molar-refractivity contribution in [3.05, 3.63) is 52.7 Å². The summed E-state index contributed by atoms with van der Waals surface area (Å²) in [7, 11) is 0. The Labute approximate surface area is 188 Å². The summed E-state index contributed by atoms with van der Waals surface area (Å²) >= 11 is 7.96. The van der Waals surface area contributed by atoms with Crippen LogP contribution in [0.25, 0.3) is 0 Å². The SMILES string of the molecule is Cc1c(CN2CCSCC2)cccc1NC(=O)C1CCN(c2ccc(Cl)cn2)CC1. The number of pyridine rings is 1. The number of benzene rings is 1. The minimum Gasteiger partial charge on any atom is -0.357 e. The molecule has 1 aromatic carbocycles. The fraction of sp³-hybridized carbons (Fsp3) is 0.478. The number of piperidine rings is 1. The molecule has 5 nitrogen and oxygen atoms in total. The summed E-state index contributed by atoms with van der Waals surface area (Å²) in [4.78, 5) is 22.1. The summed E-state index contributed by atoms with van der Waals surface area (Å²) in [5, 5.41) is 3.85. The van der Waals surface area contributed by atoms with E-state index in [2.05, 4.69) is 39.2 Å². The lowest BCUT2D eigenvalue weighted by Crippen LogP contribution is -2.38. The van der Waals surface area contributed by atoms with E-state index in [0.29, 0.717) is 5.02 Å². The normalized spacial score (nSPS) is 18.4. The molecule has 160 valence electrons. The van der Waals surface area contributed by atoms with Gasteiger partial charge < -0.3 is 10.2 Å². The van der Waals surface area contributed by atoms with Gasteiger partial charge in [-0.1, -0.05) is 23.7 Å². The van der Waals surface area contributed by atoms with Gasteiger partial charge in [0.15, 0.2) is 0 Å². The molecule has 0 saturated carbocycles. The molecule has 4 rings (SSSR count). The van der Waals surface area contributed by atoms with E-state index in [9.17, 15) is 4.79 Å². The van der Waals surface area contributed by atoms with Crippen LogP contribution in [0, 0.1) is 12.8 Å². The van der Waals surface area contributed by atoms with Gasteiger partial charge in [-0.3, -0.25) is 9.69 Å². The van der Waals surface area contributed by atoms with Crippen molar-refractivity contribution in [3.8, 4) is 0 Å². The Morgan fingerprint density at radius 2 is 1.93 bits per heavy atom. The Balaban J connectivity index is 1.34. The van der Waals surface area contributed by atoms with Crippen LogP contribution in [0.3, 0.4) is 0 Å². The van der Waals surface area contributed by atoms with Crippen molar-refractivity contribution in [2.45, 2.75) is 26.3 Å². The molecule has 0 spiro atoms. The molecule has 1 amide bonds. The van der Waals surface area contributed by atoms with Crippen LogP contribution in [-0.2, 0) is 11.3 Å². The summed E-state index contributed by atoms with van der Waals surface area (Å²) in [6, 6.07) is 10.1. The topological polar surface area (TPSA) is 48.5 Å². The van der Waals surface area contributed by atoms with Gasteiger partial charge in [-0.25, -0.2) is 4.98 Å². The summed E-state index contributed by atoms with van der Waals surface area (Å²) in [5.41, 5.74) is 3.45. The van der Waals surface area contributed by atoms with Crippen molar-refractivity contribution in [2.24, 2.45) is 5.92 Å². The van der Waals surface area contributed by atoms with Gasteiger partial charge in [0.1, 0.15) is 5.82 Å². The maximum absolute atomic E-state index is 12.9. The number of hydrogen-bond acceptors (Lipinski definition) is 5. The Morgan fingerprint density at radius 3 is 2.63 bits per heavy atom. The second kappa shape index (κ2) is 10.0. The molecule has 7 heteroatoms. The van der Waals surface area contributed by atoms with Crippen LogP contribution in [-0.4, -0.2) is 53.5 Å². The first-order valence-electron chi connectivity index (χ1n) is 10.7. The average Bonchev–Trinajstić information content (AvgIpc) is 2.78. The van der Waals surface area contributed by atoms with Crippen molar-refractivity contribution in [3.63, 3.8) is 0 Å². The highest BCUT2D eigenvalue weighted by atomic mass is 35.5. The van der Waals surface area contributed by atoms with Crippen LogP contribution < -0.4 is 10.2 Å². The van der Waals surface area contributed by atoms with Gasteiger partial charge in [0.2, 0.25) is 5.91 Å². The number of amides is 1. The van der Waals surface area contributed by atoms with Crippen LogP contribution in [0.15, 0.2) is 36.5 Å². The summed E-state index contributed by atoms with van der Waals surface area (Å²) in [6.07, 6.45) is 3.34. The highest BCUT2D eigenvalue weighted by molar-refractivity contribution is 7.99. The van der Waals surface area contributed by atoms with Crippen LogP contribution in [0.4, 0.5) is 11.5 Å². The van der Waals surface area contributed by atoms with Crippen LogP contribution >= 0.6 is 23.4 Å². The number of hydrogen-bond donors (Lipinski definition) is 1. The monoisotopic (exact) mass is 444 g/mol. The molecule has 1 N–H and O–H groups in total. The van der Waals surface area contributed by atoms with Gasteiger partial charge in [-0.05, 0) is 49.1 Å². The number of rotatable bonds is 5. The minimum absolute atomic E-state index is 0.0377. The van der Waals surface area contributed by atoms with Gasteiger partial charge in [0, 0.05) is 62.0 Å². The highest BCUT2D eigenvalue weighted by Crippen LogP contribution is 2.26. The van der Waals surface area contributed by atoms with E-state index in [1.54, 1.807) is 6.20 Å². The number of nitrogens with zero attached hydrogens (tertiary/aromatic N) is 3. The van der Waals surface area contributed by atoms with Crippen molar-refractivity contribution < 1.29 is 4.79 Å². The van der Waals surface area contributed by atoms with Gasteiger partial charge in [-0.2, -0.15) is 11.8 Å². The molecule has 3 heterocycles. The number of halogens is 1. The molecule has 0 unspecified atom stereocenters. The van der Waals surface area contributed by atoms with E-state index in [-0.39, 0.29) is 11.8 Å². The van der Waals surface area contributed by atoms with Crippen LogP contribution in [0.2, 0.25) is 5.02 Å². The summed E-state index contributed by atoms with van der Waals surface area (Å²) in [6.45, 7) is 7.03. The predicted octanol–water partition coefficient (Wildman–Crippen LogP) is 4.45. The lowest BCUT2D eigenvalue weighted by molar-refractivity contribution is -0.120. The molecule has 2 fully saturated rings. The molecule has 30 heavy (non-hydrogen) atoms. The summed E-state index contributed by atoms with van der Waals surface area (Å²) < 4.78 is 0. The van der Waals surface area contributed by atoms with Gasteiger partial charge in [0.05, 0.1) is 5.02 Å². The van der Waals surface area contributed by atoms with Gasteiger partial charge >= 0.3 is 0 Å². The number of carbonyl (C=O) groups is 1. The summed E-state index contributed by atoms with van der Waals surface area (Å²) in [5.74, 6) is 3.52. The number of thioether (sulfide) groups is 1. The van der Waals surface area contributed by atoms with Crippen molar-refractivity contribution >= 4 is 40.8 Å². The highest BCUT2D eigenvalue weighted by Gasteiger charge is 2.26. The predicted molar refractivity (Wildman–Crippen MR) is 127 cm³/mol. The standard InChI is InChI=1S/C23H29ClN4OS/c1-17-19(16-27-11-13-30-14-12-27)3-2-4-21(17)26-23(29)18-7-9-28(10-8-18)22-6-5-20(24)15-25-22/h2-6,15,18H,7-14,16H2,1H3,(H,26,29). The van der Waals surface area contributed by atoms with E-state index in [0.717, 1.165) is 57.1 Å². The van der Waals surface area contributed by atoms with Crippen molar-refractivity contribution in [2.75, 3.05) is 47.9 Å². The molecule has 0 radical (unpaired) electrons. The molecule has 2 aliphatic heterocycles. The van der Waals surface area contributed by atoms with E-state index in [4.69, 9.17) is 11.6 Å². The van der Waals surface area contributed by atoms with E-state index in [1.165, 1.54) is 22.6 Å². The molecule has 0 bridgehead atoms. The van der Waals surface area contributed by atoms with Crippen molar-refractivity contribution in [1.82, 2.24) is 9.88 Å². The number of anilines is 2. The second-order valence-corrected chi connectivity index (χ2v) is 9.72. The fourth-order valence-corrected chi connectivity index (χ4v) is 5.24. The third-order valence-electron chi connectivity index (χ3n) is 6.10. The molecular weight excluding hydrogens is 416 g/mol. The molecule has 0 aliphatic carbocycles. The number of carbonyl (C=O) groups excluding carboxylic acids is 1. The van der Waals surface area contributed by atoms with Crippen LogP contribution in [0.1, 0.15) is 24.0 Å². The lowest BCUT2D eigenvalue weighted by atomic mass is 9.95. The number of aromatic nitrogens is 1. The molecule has 2 saturated heterocycles. The first-order valence-corrected chi connectivity index (χ1v) is 12.2. The molecule has 2 aromatic rings.